The minimum atomic E-state index is 0.0322. The average Bonchev–Trinajstić information content (AvgIpc) is 2.48. The Balaban J connectivity index is 1.92. The van der Waals surface area contributed by atoms with Crippen molar-refractivity contribution in [1.82, 2.24) is 10.3 Å². The van der Waals surface area contributed by atoms with Crippen molar-refractivity contribution in [2.45, 2.75) is 37.7 Å². The first kappa shape index (κ1) is 15.8. The lowest BCUT2D eigenvalue weighted by Crippen LogP contribution is -2.48. The van der Waals surface area contributed by atoms with Gasteiger partial charge in [-0.3, -0.25) is 4.98 Å². The first-order valence-electron chi connectivity index (χ1n) is 7.44. The summed E-state index contributed by atoms with van der Waals surface area (Å²) in [7, 11) is 1.96. The van der Waals surface area contributed by atoms with Gasteiger partial charge in [0.05, 0.1) is 5.76 Å². The standard InChI is InChI=1S/C16H23BN2O2/c1-13(20)11-15-7-8-16(18-2)17(21-15)9-3-5-14-6-4-10-19-12-14/h3-4,6,9-10,12,15-16,18,20H,1,5,7-8,11H2,2H3/b9-3+. The fourth-order valence-corrected chi connectivity index (χ4v) is 2.67. The number of aromatic nitrogens is 1. The molecule has 21 heavy (non-hydrogen) atoms. The van der Waals surface area contributed by atoms with E-state index in [4.69, 9.17) is 4.65 Å². The third kappa shape index (κ3) is 5.03. The monoisotopic (exact) mass is 286 g/mol. The molecule has 1 aliphatic heterocycles. The number of nitrogens with zero attached hydrogens (tertiary/aromatic N) is 1. The zero-order valence-corrected chi connectivity index (χ0v) is 12.5. The predicted octanol–water partition coefficient (Wildman–Crippen LogP) is 2.48. The fourth-order valence-electron chi connectivity index (χ4n) is 2.67. The van der Waals surface area contributed by atoms with Gasteiger partial charge in [0.25, 0.3) is 0 Å². The average molecular weight is 286 g/mol. The highest BCUT2D eigenvalue weighted by atomic mass is 16.4. The Hall–Kier alpha value is -1.59. The molecule has 1 aromatic heterocycles. The molecular weight excluding hydrogens is 263 g/mol. The molecule has 112 valence electrons. The van der Waals surface area contributed by atoms with E-state index in [1.165, 1.54) is 5.56 Å². The van der Waals surface area contributed by atoms with Gasteiger partial charge in [-0.2, -0.15) is 0 Å². The Bertz CT molecular complexity index is 478. The lowest BCUT2D eigenvalue weighted by atomic mass is 9.56. The summed E-state index contributed by atoms with van der Waals surface area (Å²) in [5, 5.41) is 12.6. The maximum absolute atomic E-state index is 9.32. The molecule has 2 N–H and O–H groups in total. The van der Waals surface area contributed by atoms with Crippen molar-refractivity contribution in [3.8, 4) is 0 Å². The van der Waals surface area contributed by atoms with E-state index in [1.807, 2.05) is 19.3 Å². The Kier molecular flexibility index (Phi) is 6.02. The van der Waals surface area contributed by atoms with Gasteiger partial charge in [0.1, 0.15) is 0 Å². The summed E-state index contributed by atoms with van der Waals surface area (Å²) in [6, 6.07) is 4.01. The summed E-state index contributed by atoms with van der Waals surface area (Å²) in [4.78, 5) is 4.11. The van der Waals surface area contributed by atoms with Crippen LogP contribution in [-0.2, 0) is 11.1 Å². The highest BCUT2D eigenvalue weighted by Crippen LogP contribution is 2.22. The fraction of sp³-hybridized carbons (Fsp3) is 0.438. The van der Waals surface area contributed by atoms with E-state index in [1.54, 1.807) is 6.20 Å². The second kappa shape index (κ2) is 8.00. The molecule has 1 saturated heterocycles. The Morgan fingerprint density at radius 3 is 3.14 bits per heavy atom. The van der Waals surface area contributed by atoms with Crippen LogP contribution < -0.4 is 5.32 Å². The number of nitrogens with one attached hydrogen (secondary N) is 1. The van der Waals surface area contributed by atoms with Crippen LogP contribution in [0.5, 0.6) is 0 Å². The van der Waals surface area contributed by atoms with Crippen molar-refractivity contribution in [2.24, 2.45) is 0 Å². The van der Waals surface area contributed by atoms with Gasteiger partial charge in [0.15, 0.2) is 0 Å². The topological polar surface area (TPSA) is 54.4 Å². The molecule has 0 amide bonds. The summed E-state index contributed by atoms with van der Waals surface area (Å²) in [6.45, 7) is 3.58. The largest absolute Gasteiger partial charge is 0.513 e. The Morgan fingerprint density at radius 1 is 1.62 bits per heavy atom. The van der Waals surface area contributed by atoms with E-state index in [9.17, 15) is 5.11 Å². The molecule has 0 radical (unpaired) electrons. The zero-order valence-electron chi connectivity index (χ0n) is 12.5. The SMILES string of the molecule is C=C(O)CC1CCC(NC)B(/C=C/Cc2cccnc2)O1. The van der Waals surface area contributed by atoms with Crippen molar-refractivity contribution < 1.29 is 9.76 Å². The molecule has 1 fully saturated rings. The first-order chi connectivity index (χ1) is 10.2. The minimum Gasteiger partial charge on any atom is -0.513 e. The van der Waals surface area contributed by atoms with Crippen LogP contribution in [-0.4, -0.2) is 36.1 Å². The van der Waals surface area contributed by atoms with E-state index in [-0.39, 0.29) is 18.8 Å². The molecule has 2 rings (SSSR count). The van der Waals surface area contributed by atoms with Crippen molar-refractivity contribution in [3.63, 3.8) is 0 Å². The van der Waals surface area contributed by atoms with Crippen LogP contribution in [0.25, 0.3) is 0 Å². The highest BCUT2D eigenvalue weighted by molar-refractivity contribution is 6.59. The molecular formula is C16H23BN2O2. The number of allylic oxidation sites excluding steroid dienone is 1. The molecule has 2 atom stereocenters. The van der Waals surface area contributed by atoms with Gasteiger partial charge >= 0.3 is 6.92 Å². The first-order valence-corrected chi connectivity index (χ1v) is 7.44. The molecule has 0 aliphatic carbocycles. The number of hydrogen-bond donors (Lipinski definition) is 2. The van der Waals surface area contributed by atoms with E-state index in [2.05, 4.69) is 35.0 Å². The van der Waals surface area contributed by atoms with Crippen LogP contribution in [0.3, 0.4) is 0 Å². The van der Waals surface area contributed by atoms with Gasteiger partial charge in [-0.25, -0.2) is 0 Å². The van der Waals surface area contributed by atoms with Gasteiger partial charge in [0.2, 0.25) is 0 Å². The lowest BCUT2D eigenvalue weighted by molar-refractivity contribution is 0.145. The van der Waals surface area contributed by atoms with Crippen LogP contribution in [0.15, 0.2) is 48.9 Å². The van der Waals surface area contributed by atoms with Crippen LogP contribution in [0, 0.1) is 0 Å². The van der Waals surface area contributed by atoms with E-state index in [0.717, 1.165) is 19.3 Å². The smallest absolute Gasteiger partial charge is 0.336 e. The summed E-state index contributed by atoms with van der Waals surface area (Å²) in [6.07, 6.45) is 9.18. The summed E-state index contributed by atoms with van der Waals surface area (Å²) in [5.74, 6) is 2.62. The van der Waals surface area contributed by atoms with Gasteiger partial charge in [-0.05, 0) is 37.9 Å². The van der Waals surface area contributed by atoms with Crippen LogP contribution in [0.2, 0.25) is 0 Å². The molecule has 2 unspecified atom stereocenters. The molecule has 1 aliphatic rings. The van der Waals surface area contributed by atoms with Crippen molar-refractivity contribution in [1.29, 1.82) is 0 Å². The zero-order chi connectivity index (χ0) is 15.1. The van der Waals surface area contributed by atoms with Gasteiger partial charge in [0, 0.05) is 30.9 Å². The van der Waals surface area contributed by atoms with Crippen molar-refractivity contribution in [2.75, 3.05) is 7.05 Å². The predicted molar refractivity (Wildman–Crippen MR) is 86.2 cm³/mol. The van der Waals surface area contributed by atoms with Crippen molar-refractivity contribution >= 4 is 6.92 Å². The second-order valence-corrected chi connectivity index (χ2v) is 5.46. The van der Waals surface area contributed by atoms with E-state index < -0.39 is 0 Å². The maximum Gasteiger partial charge on any atom is 0.336 e. The van der Waals surface area contributed by atoms with Gasteiger partial charge in [-0.1, -0.05) is 24.7 Å². The number of hydrogen-bond acceptors (Lipinski definition) is 4. The van der Waals surface area contributed by atoms with Crippen LogP contribution >= 0.6 is 0 Å². The third-order valence-electron chi connectivity index (χ3n) is 3.78. The third-order valence-corrected chi connectivity index (χ3v) is 3.78. The Morgan fingerprint density at radius 2 is 2.48 bits per heavy atom. The van der Waals surface area contributed by atoms with Gasteiger partial charge in [-0.15, -0.1) is 0 Å². The number of rotatable bonds is 6. The quantitative estimate of drug-likeness (QED) is 0.623. The molecule has 2 heterocycles. The van der Waals surface area contributed by atoms with Crippen LogP contribution in [0.4, 0.5) is 0 Å². The summed E-state index contributed by atoms with van der Waals surface area (Å²) >= 11 is 0. The number of aliphatic hydroxyl groups is 1. The molecule has 1 aromatic rings. The number of pyridine rings is 1. The van der Waals surface area contributed by atoms with E-state index in [0.29, 0.717) is 12.4 Å². The summed E-state index contributed by atoms with van der Waals surface area (Å²) in [5.41, 5.74) is 1.19. The lowest BCUT2D eigenvalue weighted by Gasteiger charge is -2.33. The second-order valence-electron chi connectivity index (χ2n) is 5.46. The Labute approximate surface area is 127 Å². The number of aliphatic hydroxyl groups excluding tert-OH is 1. The molecule has 0 saturated carbocycles. The molecule has 5 heteroatoms. The van der Waals surface area contributed by atoms with E-state index >= 15 is 0 Å². The van der Waals surface area contributed by atoms with Crippen LogP contribution in [0.1, 0.15) is 24.8 Å². The van der Waals surface area contributed by atoms with Gasteiger partial charge < -0.3 is 15.1 Å². The summed E-state index contributed by atoms with van der Waals surface area (Å²) < 4.78 is 6.05. The minimum absolute atomic E-state index is 0.0322. The molecule has 0 spiro atoms. The van der Waals surface area contributed by atoms with Crippen molar-refractivity contribution in [3.05, 3.63) is 54.5 Å². The highest BCUT2D eigenvalue weighted by Gasteiger charge is 2.32. The molecule has 4 nitrogen and oxygen atoms in total. The molecule has 0 bridgehead atoms. The molecule has 0 aromatic carbocycles. The maximum atomic E-state index is 9.32. The normalized spacial score (nSPS) is 22.6.